The fraction of sp³-hybridized carbons (Fsp3) is 0.444. The average molecular weight is 447 g/mol. The summed E-state index contributed by atoms with van der Waals surface area (Å²) >= 11 is 0. The van der Waals surface area contributed by atoms with E-state index in [0.29, 0.717) is 11.4 Å². The van der Waals surface area contributed by atoms with Gasteiger partial charge in [-0.25, -0.2) is 14.8 Å². The number of carboxylic acid groups (broad SMARTS) is 1. The van der Waals surface area contributed by atoms with Gasteiger partial charge in [0.25, 0.3) is 0 Å². The molecule has 4 rings (SSSR count). The average Bonchev–Trinajstić information content (AvgIpc) is 3.33. The van der Waals surface area contributed by atoms with Crippen molar-refractivity contribution in [1.82, 2.24) is 19.1 Å². The van der Waals surface area contributed by atoms with Crippen LogP contribution >= 0.6 is 0 Å². The summed E-state index contributed by atoms with van der Waals surface area (Å²) in [4.78, 5) is 21.5. The number of fused-ring (bicyclic) bond motifs is 2. The van der Waals surface area contributed by atoms with Gasteiger partial charge in [-0.3, -0.25) is 0 Å². The number of benzene rings is 2. The highest BCUT2D eigenvalue weighted by Gasteiger charge is 2.21. The highest BCUT2D eigenvalue weighted by Crippen LogP contribution is 2.33. The standard InChI is InChI=1S/C27H34N4O2/c1-5-7-12-24-28-21-11-9-10-20(25(21)30(24)15-8-6-2)26-29-22-16-19(27(32)33)13-14-23(22)31(26)17-18(3)4/h9-11,13-14,16,18H,5-8,12,15,17H2,1-4H3,(H,32,33). The van der Waals surface area contributed by atoms with E-state index in [9.17, 15) is 9.90 Å². The van der Waals surface area contributed by atoms with Crippen molar-refractivity contribution in [1.29, 1.82) is 0 Å². The molecule has 4 aromatic rings. The molecule has 0 spiro atoms. The number of rotatable bonds is 10. The van der Waals surface area contributed by atoms with Gasteiger partial charge in [0, 0.05) is 25.1 Å². The minimum absolute atomic E-state index is 0.260. The molecule has 6 heteroatoms. The monoisotopic (exact) mass is 446 g/mol. The lowest BCUT2D eigenvalue weighted by Gasteiger charge is -2.14. The first-order valence-electron chi connectivity index (χ1n) is 12.2. The van der Waals surface area contributed by atoms with Crippen molar-refractivity contribution in [2.24, 2.45) is 5.92 Å². The first-order valence-corrected chi connectivity index (χ1v) is 12.2. The Bertz CT molecular complexity index is 1280. The number of aryl methyl sites for hydroxylation is 2. The van der Waals surface area contributed by atoms with Gasteiger partial charge in [-0.2, -0.15) is 0 Å². The predicted molar refractivity (Wildman–Crippen MR) is 134 cm³/mol. The molecule has 2 heterocycles. The van der Waals surface area contributed by atoms with Crippen molar-refractivity contribution in [3.63, 3.8) is 0 Å². The maximum absolute atomic E-state index is 11.5. The third-order valence-corrected chi connectivity index (χ3v) is 6.12. The minimum Gasteiger partial charge on any atom is -0.478 e. The van der Waals surface area contributed by atoms with Crippen LogP contribution in [0.5, 0.6) is 0 Å². The number of para-hydroxylation sites is 1. The zero-order valence-corrected chi connectivity index (χ0v) is 20.1. The number of aromatic nitrogens is 4. The third-order valence-electron chi connectivity index (χ3n) is 6.12. The summed E-state index contributed by atoms with van der Waals surface area (Å²) in [6, 6.07) is 11.5. The fourth-order valence-corrected chi connectivity index (χ4v) is 4.52. The maximum atomic E-state index is 11.5. The van der Waals surface area contributed by atoms with Crippen LogP contribution in [0.2, 0.25) is 0 Å². The number of carboxylic acids is 1. The second kappa shape index (κ2) is 9.77. The van der Waals surface area contributed by atoms with Crippen molar-refractivity contribution >= 4 is 28.0 Å². The highest BCUT2D eigenvalue weighted by molar-refractivity contribution is 5.96. The van der Waals surface area contributed by atoms with E-state index in [4.69, 9.17) is 9.97 Å². The Morgan fingerprint density at radius 2 is 1.79 bits per heavy atom. The topological polar surface area (TPSA) is 72.9 Å². The van der Waals surface area contributed by atoms with Gasteiger partial charge in [-0.1, -0.05) is 46.6 Å². The Labute approximate surface area is 195 Å². The van der Waals surface area contributed by atoms with Crippen LogP contribution in [-0.2, 0) is 19.5 Å². The largest absolute Gasteiger partial charge is 0.478 e. The quantitative estimate of drug-likeness (QED) is 0.300. The maximum Gasteiger partial charge on any atom is 0.335 e. The highest BCUT2D eigenvalue weighted by atomic mass is 16.4. The second-order valence-corrected chi connectivity index (χ2v) is 9.26. The zero-order chi connectivity index (χ0) is 23.5. The molecule has 0 saturated carbocycles. The summed E-state index contributed by atoms with van der Waals surface area (Å²) in [5, 5.41) is 9.47. The van der Waals surface area contributed by atoms with Gasteiger partial charge in [0.15, 0.2) is 0 Å². The molecule has 1 N–H and O–H groups in total. The summed E-state index contributed by atoms with van der Waals surface area (Å²) in [6.07, 6.45) is 5.45. The molecule has 0 atom stereocenters. The van der Waals surface area contributed by atoms with E-state index < -0.39 is 5.97 Å². The number of hydrogen-bond acceptors (Lipinski definition) is 3. The van der Waals surface area contributed by atoms with Crippen molar-refractivity contribution in [2.75, 3.05) is 0 Å². The van der Waals surface area contributed by atoms with Crippen molar-refractivity contribution in [3.05, 3.63) is 47.8 Å². The zero-order valence-electron chi connectivity index (χ0n) is 20.1. The Balaban J connectivity index is 1.98. The summed E-state index contributed by atoms with van der Waals surface area (Å²) in [6.45, 7) is 10.6. The Kier molecular flexibility index (Phi) is 6.82. The summed E-state index contributed by atoms with van der Waals surface area (Å²) in [7, 11) is 0. The summed E-state index contributed by atoms with van der Waals surface area (Å²) in [5.41, 5.74) is 5.14. The van der Waals surface area contributed by atoms with Crippen molar-refractivity contribution < 1.29 is 9.90 Å². The van der Waals surface area contributed by atoms with Crippen LogP contribution in [0.4, 0.5) is 0 Å². The predicted octanol–water partition coefficient (Wildman–Crippen LogP) is 6.55. The first-order chi connectivity index (χ1) is 15.9. The van der Waals surface area contributed by atoms with E-state index in [1.807, 2.05) is 6.07 Å². The van der Waals surface area contributed by atoms with Gasteiger partial charge in [0.05, 0.1) is 27.6 Å². The van der Waals surface area contributed by atoms with Gasteiger partial charge in [0.1, 0.15) is 11.6 Å². The molecule has 0 aliphatic carbocycles. The van der Waals surface area contributed by atoms with Crippen LogP contribution in [0.1, 0.15) is 69.6 Å². The number of nitrogens with zero attached hydrogens (tertiary/aromatic N) is 4. The molecule has 0 fully saturated rings. The van der Waals surface area contributed by atoms with Gasteiger partial charge in [-0.05, 0) is 49.1 Å². The molecule has 174 valence electrons. The van der Waals surface area contributed by atoms with Crippen molar-refractivity contribution in [2.45, 2.75) is 72.9 Å². The van der Waals surface area contributed by atoms with Crippen LogP contribution < -0.4 is 0 Å². The second-order valence-electron chi connectivity index (χ2n) is 9.26. The molecular weight excluding hydrogens is 412 g/mol. The van der Waals surface area contributed by atoms with Crippen LogP contribution in [0.15, 0.2) is 36.4 Å². The molecule has 0 aliphatic rings. The van der Waals surface area contributed by atoms with Gasteiger partial charge in [-0.15, -0.1) is 0 Å². The molecular formula is C27H34N4O2. The molecule has 0 aliphatic heterocycles. The van der Waals surface area contributed by atoms with Crippen LogP contribution in [0.3, 0.4) is 0 Å². The van der Waals surface area contributed by atoms with Crippen LogP contribution in [0.25, 0.3) is 33.5 Å². The molecule has 2 aromatic carbocycles. The number of carbonyl (C=O) groups is 1. The van der Waals surface area contributed by atoms with Crippen LogP contribution in [-0.4, -0.2) is 30.2 Å². The summed E-state index contributed by atoms with van der Waals surface area (Å²) in [5.74, 6) is 1.51. The molecule has 0 radical (unpaired) electrons. The molecule has 0 saturated heterocycles. The number of aromatic carboxylic acids is 1. The smallest absolute Gasteiger partial charge is 0.335 e. The van der Waals surface area contributed by atoms with E-state index in [0.717, 1.165) is 79.0 Å². The number of hydrogen-bond donors (Lipinski definition) is 1. The Morgan fingerprint density at radius 1 is 1.00 bits per heavy atom. The fourth-order valence-electron chi connectivity index (χ4n) is 4.52. The van der Waals surface area contributed by atoms with Crippen molar-refractivity contribution in [3.8, 4) is 11.4 Å². The molecule has 2 aromatic heterocycles. The molecule has 0 unspecified atom stereocenters. The first kappa shape index (κ1) is 23.0. The minimum atomic E-state index is -0.933. The van der Waals surface area contributed by atoms with E-state index in [-0.39, 0.29) is 5.56 Å². The number of imidazole rings is 2. The van der Waals surface area contributed by atoms with Gasteiger partial charge < -0.3 is 14.2 Å². The van der Waals surface area contributed by atoms with E-state index in [2.05, 4.69) is 55.0 Å². The summed E-state index contributed by atoms with van der Waals surface area (Å²) < 4.78 is 4.63. The molecule has 33 heavy (non-hydrogen) atoms. The van der Waals surface area contributed by atoms with E-state index >= 15 is 0 Å². The van der Waals surface area contributed by atoms with Crippen LogP contribution in [0, 0.1) is 5.92 Å². The van der Waals surface area contributed by atoms with E-state index in [1.165, 1.54) is 0 Å². The normalized spacial score (nSPS) is 11.8. The molecule has 0 amide bonds. The lowest BCUT2D eigenvalue weighted by molar-refractivity contribution is 0.0697. The lowest BCUT2D eigenvalue weighted by atomic mass is 10.1. The SMILES string of the molecule is CCCCc1nc2cccc(-c3nc4cc(C(=O)O)ccc4n3CC(C)C)c2n1CCCC. The Hall–Kier alpha value is -3.15. The lowest BCUT2D eigenvalue weighted by Crippen LogP contribution is -2.08. The van der Waals surface area contributed by atoms with Gasteiger partial charge >= 0.3 is 5.97 Å². The molecule has 0 bridgehead atoms. The number of unbranched alkanes of at least 4 members (excludes halogenated alkanes) is 2. The van der Waals surface area contributed by atoms with E-state index in [1.54, 1.807) is 12.1 Å². The molecule has 6 nitrogen and oxygen atoms in total. The van der Waals surface area contributed by atoms with Gasteiger partial charge in [0.2, 0.25) is 0 Å². The Morgan fingerprint density at radius 3 is 2.48 bits per heavy atom. The third kappa shape index (κ3) is 4.52.